The van der Waals surface area contributed by atoms with Crippen LogP contribution in [-0.2, 0) is 16.2 Å². The van der Waals surface area contributed by atoms with Crippen LogP contribution in [0.2, 0.25) is 0 Å². The molecule has 1 saturated heterocycles. The van der Waals surface area contributed by atoms with Gasteiger partial charge in [0.2, 0.25) is 11.8 Å². The van der Waals surface area contributed by atoms with Gasteiger partial charge < -0.3 is 15.0 Å². The standard InChI is InChI=1S/C25H31FN2O3/c1-17-13-20(31-16-18-7-5-8-19(26)14-18)10-11-21(17)27-24(30)22-9-6-12-28(22)23(29)15-25(2,3)4/h5,7-8,10-11,13-14,22H,6,9,12,15-16H2,1-4H3,(H,27,30). The lowest BCUT2D eigenvalue weighted by atomic mass is 9.91. The summed E-state index contributed by atoms with van der Waals surface area (Å²) in [5.41, 5.74) is 2.18. The second-order valence-electron chi connectivity index (χ2n) is 9.37. The maximum absolute atomic E-state index is 13.3. The molecule has 1 aliphatic rings. The molecule has 1 unspecified atom stereocenters. The van der Waals surface area contributed by atoms with Crippen LogP contribution in [0.1, 0.15) is 51.2 Å². The molecular weight excluding hydrogens is 395 g/mol. The summed E-state index contributed by atoms with van der Waals surface area (Å²) in [6.07, 6.45) is 1.93. The van der Waals surface area contributed by atoms with Gasteiger partial charge in [-0.15, -0.1) is 0 Å². The molecule has 1 aliphatic heterocycles. The third-order valence-corrected chi connectivity index (χ3v) is 5.31. The minimum absolute atomic E-state index is 0.0305. The number of amides is 2. The molecule has 2 aromatic carbocycles. The van der Waals surface area contributed by atoms with Crippen LogP contribution in [0.4, 0.5) is 10.1 Å². The van der Waals surface area contributed by atoms with E-state index < -0.39 is 6.04 Å². The molecule has 166 valence electrons. The monoisotopic (exact) mass is 426 g/mol. The molecule has 3 rings (SSSR count). The summed E-state index contributed by atoms with van der Waals surface area (Å²) in [6.45, 7) is 8.85. The zero-order chi connectivity index (χ0) is 22.6. The number of halogens is 1. The molecule has 2 aromatic rings. The second kappa shape index (κ2) is 9.50. The number of rotatable bonds is 6. The minimum atomic E-state index is -0.432. The van der Waals surface area contributed by atoms with Crippen LogP contribution in [0.3, 0.4) is 0 Å². The second-order valence-corrected chi connectivity index (χ2v) is 9.37. The average Bonchev–Trinajstić information content (AvgIpc) is 3.17. The Labute approximate surface area is 183 Å². The Balaban J connectivity index is 1.61. The number of carbonyl (C=O) groups is 2. The molecule has 1 atom stereocenters. The number of anilines is 1. The van der Waals surface area contributed by atoms with Gasteiger partial charge in [0.25, 0.3) is 0 Å². The summed E-state index contributed by atoms with van der Waals surface area (Å²) in [5, 5.41) is 2.97. The predicted molar refractivity (Wildman–Crippen MR) is 119 cm³/mol. The smallest absolute Gasteiger partial charge is 0.247 e. The summed E-state index contributed by atoms with van der Waals surface area (Å²) in [7, 11) is 0. The van der Waals surface area contributed by atoms with Gasteiger partial charge in [0.1, 0.15) is 24.2 Å². The third kappa shape index (κ3) is 6.29. The maximum Gasteiger partial charge on any atom is 0.247 e. The molecule has 1 N–H and O–H groups in total. The summed E-state index contributed by atoms with van der Waals surface area (Å²) < 4.78 is 19.0. The zero-order valence-electron chi connectivity index (χ0n) is 18.7. The van der Waals surface area contributed by atoms with Gasteiger partial charge in [0.05, 0.1) is 0 Å². The van der Waals surface area contributed by atoms with Crippen LogP contribution >= 0.6 is 0 Å². The van der Waals surface area contributed by atoms with E-state index in [2.05, 4.69) is 5.32 Å². The van der Waals surface area contributed by atoms with Gasteiger partial charge in [-0.1, -0.05) is 32.9 Å². The third-order valence-electron chi connectivity index (χ3n) is 5.31. The number of ether oxygens (including phenoxy) is 1. The first kappa shape index (κ1) is 22.8. The van der Waals surface area contributed by atoms with E-state index in [9.17, 15) is 14.0 Å². The van der Waals surface area contributed by atoms with Crippen molar-refractivity contribution in [2.75, 3.05) is 11.9 Å². The van der Waals surface area contributed by atoms with Gasteiger partial charge in [0, 0.05) is 18.7 Å². The van der Waals surface area contributed by atoms with Crippen molar-refractivity contribution in [2.45, 2.75) is 59.6 Å². The maximum atomic E-state index is 13.3. The van der Waals surface area contributed by atoms with E-state index in [4.69, 9.17) is 4.74 Å². The van der Waals surface area contributed by atoms with E-state index in [1.807, 2.05) is 33.8 Å². The Hall–Kier alpha value is -2.89. The molecule has 2 amide bonds. The van der Waals surface area contributed by atoms with Gasteiger partial charge in [-0.3, -0.25) is 9.59 Å². The highest BCUT2D eigenvalue weighted by Gasteiger charge is 2.35. The molecule has 6 heteroatoms. The van der Waals surface area contributed by atoms with Gasteiger partial charge in [-0.05, 0) is 66.6 Å². The Morgan fingerprint density at radius 2 is 1.97 bits per heavy atom. The van der Waals surface area contributed by atoms with E-state index in [-0.39, 0.29) is 29.7 Å². The molecular formula is C25H31FN2O3. The van der Waals surface area contributed by atoms with Crippen LogP contribution < -0.4 is 10.1 Å². The summed E-state index contributed by atoms with van der Waals surface area (Å²) in [6, 6.07) is 11.3. The SMILES string of the molecule is Cc1cc(OCc2cccc(F)c2)ccc1NC(=O)C1CCCN1C(=O)CC(C)(C)C. The topological polar surface area (TPSA) is 58.6 Å². The van der Waals surface area contributed by atoms with Crippen molar-refractivity contribution >= 4 is 17.5 Å². The highest BCUT2D eigenvalue weighted by Crippen LogP contribution is 2.27. The lowest BCUT2D eigenvalue weighted by molar-refractivity contribution is -0.138. The number of likely N-dealkylation sites (tertiary alicyclic amines) is 1. The molecule has 0 aromatic heterocycles. The lowest BCUT2D eigenvalue weighted by Crippen LogP contribution is -2.44. The van der Waals surface area contributed by atoms with Crippen molar-refractivity contribution < 1.29 is 18.7 Å². The van der Waals surface area contributed by atoms with E-state index in [0.717, 1.165) is 17.5 Å². The van der Waals surface area contributed by atoms with Crippen LogP contribution in [0.15, 0.2) is 42.5 Å². The first-order valence-electron chi connectivity index (χ1n) is 10.7. The van der Waals surface area contributed by atoms with Crippen LogP contribution in [0.5, 0.6) is 5.75 Å². The minimum Gasteiger partial charge on any atom is -0.489 e. The molecule has 31 heavy (non-hydrogen) atoms. The first-order chi connectivity index (χ1) is 14.6. The van der Waals surface area contributed by atoms with Gasteiger partial charge in [-0.2, -0.15) is 0 Å². The van der Waals surface area contributed by atoms with Gasteiger partial charge in [-0.25, -0.2) is 4.39 Å². The fraction of sp³-hybridized carbons (Fsp3) is 0.440. The molecule has 5 nitrogen and oxygen atoms in total. The van der Waals surface area contributed by atoms with E-state index in [1.165, 1.54) is 12.1 Å². The largest absolute Gasteiger partial charge is 0.489 e. The highest BCUT2D eigenvalue weighted by atomic mass is 19.1. The Bertz CT molecular complexity index is 952. The lowest BCUT2D eigenvalue weighted by Gasteiger charge is -2.27. The summed E-state index contributed by atoms with van der Waals surface area (Å²) >= 11 is 0. The van der Waals surface area contributed by atoms with Crippen molar-refractivity contribution in [3.8, 4) is 5.75 Å². The van der Waals surface area contributed by atoms with Crippen molar-refractivity contribution in [3.05, 3.63) is 59.4 Å². The van der Waals surface area contributed by atoms with Crippen molar-refractivity contribution in [3.63, 3.8) is 0 Å². The Morgan fingerprint density at radius 3 is 2.65 bits per heavy atom. The van der Waals surface area contributed by atoms with Gasteiger partial charge in [0.15, 0.2) is 0 Å². The van der Waals surface area contributed by atoms with Gasteiger partial charge >= 0.3 is 0 Å². The number of aryl methyl sites for hydroxylation is 1. The number of hydrogen-bond acceptors (Lipinski definition) is 3. The van der Waals surface area contributed by atoms with Crippen molar-refractivity contribution in [1.82, 2.24) is 4.90 Å². The Kier molecular flexibility index (Phi) is 6.98. The van der Waals surface area contributed by atoms with Crippen LogP contribution in [-0.4, -0.2) is 29.3 Å². The van der Waals surface area contributed by atoms with Crippen molar-refractivity contribution in [1.29, 1.82) is 0 Å². The quantitative estimate of drug-likeness (QED) is 0.701. The zero-order valence-corrected chi connectivity index (χ0v) is 18.7. The number of hydrogen-bond donors (Lipinski definition) is 1. The molecule has 0 radical (unpaired) electrons. The first-order valence-corrected chi connectivity index (χ1v) is 10.7. The van der Waals surface area contributed by atoms with E-state index in [1.54, 1.807) is 29.2 Å². The fourth-order valence-corrected chi connectivity index (χ4v) is 3.77. The normalized spacial score (nSPS) is 16.3. The molecule has 0 bridgehead atoms. The number of nitrogens with one attached hydrogen (secondary N) is 1. The molecule has 1 heterocycles. The van der Waals surface area contributed by atoms with Crippen LogP contribution in [0, 0.1) is 18.2 Å². The highest BCUT2D eigenvalue weighted by molar-refractivity contribution is 5.98. The average molecular weight is 427 g/mol. The molecule has 0 saturated carbocycles. The number of benzene rings is 2. The van der Waals surface area contributed by atoms with E-state index >= 15 is 0 Å². The fourth-order valence-electron chi connectivity index (χ4n) is 3.77. The Morgan fingerprint density at radius 1 is 1.19 bits per heavy atom. The molecule has 0 aliphatic carbocycles. The molecule has 1 fully saturated rings. The summed E-state index contributed by atoms with van der Waals surface area (Å²) in [5.74, 6) is 0.221. The van der Waals surface area contributed by atoms with Crippen LogP contribution in [0.25, 0.3) is 0 Å². The van der Waals surface area contributed by atoms with Crippen molar-refractivity contribution in [2.24, 2.45) is 5.41 Å². The number of carbonyl (C=O) groups excluding carboxylic acids is 2. The van der Waals surface area contributed by atoms with E-state index in [0.29, 0.717) is 30.8 Å². The number of nitrogens with zero attached hydrogens (tertiary/aromatic N) is 1. The summed E-state index contributed by atoms with van der Waals surface area (Å²) in [4.78, 5) is 27.3. The molecule has 0 spiro atoms. The predicted octanol–water partition coefficient (Wildman–Crippen LogP) is 5.08.